The van der Waals surface area contributed by atoms with Gasteiger partial charge in [0.15, 0.2) is 0 Å². The molecule has 0 saturated heterocycles. The Kier molecular flexibility index (Phi) is 5.14. The van der Waals surface area contributed by atoms with Crippen LogP contribution in [0.25, 0.3) is 0 Å². The molecule has 0 aromatic carbocycles. The molecule has 1 unspecified atom stereocenters. The molecule has 1 nitrogen and oxygen atoms in total. The third-order valence-corrected chi connectivity index (χ3v) is 2.96. The summed E-state index contributed by atoms with van der Waals surface area (Å²) in [6.45, 7) is 3.46. The molecule has 0 heterocycles. The van der Waals surface area contributed by atoms with Crippen molar-refractivity contribution in [3.05, 3.63) is 11.6 Å². The van der Waals surface area contributed by atoms with E-state index in [9.17, 15) is 0 Å². The molecule has 76 valence electrons. The highest BCUT2D eigenvalue weighted by Gasteiger charge is 2.12. The van der Waals surface area contributed by atoms with Crippen LogP contribution in [0.3, 0.4) is 0 Å². The quantitative estimate of drug-likeness (QED) is 0.643. The van der Waals surface area contributed by atoms with E-state index in [1.54, 1.807) is 5.57 Å². The van der Waals surface area contributed by atoms with Gasteiger partial charge in [-0.15, -0.1) is 0 Å². The first-order chi connectivity index (χ1) is 6.36. The van der Waals surface area contributed by atoms with Gasteiger partial charge >= 0.3 is 0 Å². The average molecular weight is 181 g/mol. The molecular weight excluding hydrogens is 158 g/mol. The van der Waals surface area contributed by atoms with Crippen LogP contribution in [0.15, 0.2) is 11.6 Å². The molecular formula is C12H23N. The first kappa shape index (κ1) is 10.8. The second kappa shape index (κ2) is 6.20. The first-order valence-corrected chi connectivity index (χ1v) is 5.69. The zero-order valence-corrected chi connectivity index (χ0v) is 9.10. The van der Waals surface area contributed by atoms with E-state index in [1.807, 2.05) is 0 Å². The molecule has 1 heteroatoms. The van der Waals surface area contributed by atoms with Crippen molar-refractivity contribution in [1.82, 2.24) is 5.32 Å². The van der Waals surface area contributed by atoms with Crippen molar-refractivity contribution in [3.63, 3.8) is 0 Å². The molecule has 0 aromatic heterocycles. The molecule has 0 fully saturated rings. The second-order valence-electron chi connectivity index (χ2n) is 4.16. The van der Waals surface area contributed by atoms with Crippen LogP contribution in [0.1, 0.15) is 45.4 Å². The summed E-state index contributed by atoms with van der Waals surface area (Å²) in [7, 11) is 2.05. The van der Waals surface area contributed by atoms with E-state index in [0.29, 0.717) is 0 Å². The lowest BCUT2D eigenvalue weighted by Crippen LogP contribution is -2.20. The van der Waals surface area contributed by atoms with Crippen molar-refractivity contribution >= 4 is 0 Å². The fraction of sp³-hybridized carbons (Fsp3) is 0.833. The average Bonchev–Trinajstić information content (AvgIpc) is 2.17. The summed E-state index contributed by atoms with van der Waals surface area (Å²) in [6.07, 6.45) is 10.6. The van der Waals surface area contributed by atoms with Crippen LogP contribution in [0.4, 0.5) is 0 Å². The fourth-order valence-corrected chi connectivity index (χ4v) is 2.05. The number of unbranched alkanes of at least 4 members (excludes halogenated alkanes) is 1. The molecule has 1 atom stereocenters. The van der Waals surface area contributed by atoms with Crippen LogP contribution in [-0.4, -0.2) is 13.6 Å². The third kappa shape index (κ3) is 3.95. The minimum Gasteiger partial charge on any atom is -0.319 e. The Morgan fingerprint density at radius 3 is 2.92 bits per heavy atom. The molecule has 13 heavy (non-hydrogen) atoms. The number of allylic oxidation sites excluding steroid dienone is 2. The molecule has 0 saturated carbocycles. The van der Waals surface area contributed by atoms with Gasteiger partial charge in [0, 0.05) is 0 Å². The van der Waals surface area contributed by atoms with E-state index in [4.69, 9.17) is 0 Å². The third-order valence-electron chi connectivity index (χ3n) is 2.96. The molecule has 1 N–H and O–H groups in total. The summed E-state index contributed by atoms with van der Waals surface area (Å²) in [5, 5.41) is 3.27. The van der Waals surface area contributed by atoms with Gasteiger partial charge in [-0.1, -0.05) is 25.0 Å². The molecule has 0 aliphatic heterocycles. The molecule has 0 aromatic rings. The summed E-state index contributed by atoms with van der Waals surface area (Å²) in [5.74, 6) is 0.898. The Morgan fingerprint density at radius 1 is 1.54 bits per heavy atom. The highest BCUT2D eigenvalue weighted by Crippen LogP contribution is 2.25. The van der Waals surface area contributed by atoms with Crippen LogP contribution >= 0.6 is 0 Å². The Bertz CT molecular complexity index is 161. The standard InChI is InChI=1S/C12H23N/c1-3-4-5-11-6-8-12(9-7-11)10-13-2/h6,12-13H,3-5,7-10H2,1-2H3. The van der Waals surface area contributed by atoms with E-state index in [-0.39, 0.29) is 0 Å². The molecule has 0 spiro atoms. The Labute approximate surface area is 82.6 Å². The number of rotatable bonds is 5. The summed E-state index contributed by atoms with van der Waals surface area (Å²) >= 11 is 0. The maximum absolute atomic E-state index is 3.27. The Morgan fingerprint density at radius 2 is 2.38 bits per heavy atom. The summed E-state index contributed by atoms with van der Waals surface area (Å²) in [5.41, 5.74) is 1.72. The van der Waals surface area contributed by atoms with Gasteiger partial charge in [0.2, 0.25) is 0 Å². The lowest BCUT2D eigenvalue weighted by Gasteiger charge is -2.21. The van der Waals surface area contributed by atoms with Crippen molar-refractivity contribution in [1.29, 1.82) is 0 Å². The van der Waals surface area contributed by atoms with Gasteiger partial charge in [0.25, 0.3) is 0 Å². The SMILES string of the molecule is CCCCC1=CCC(CNC)CC1. The minimum atomic E-state index is 0.898. The zero-order chi connectivity index (χ0) is 9.52. The van der Waals surface area contributed by atoms with Gasteiger partial charge in [-0.25, -0.2) is 0 Å². The van der Waals surface area contributed by atoms with Gasteiger partial charge < -0.3 is 5.32 Å². The highest BCUT2D eigenvalue weighted by atomic mass is 14.8. The van der Waals surface area contributed by atoms with Gasteiger partial charge in [-0.3, -0.25) is 0 Å². The van der Waals surface area contributed by atoms with E-state index in [1.165, 1.54) is 45.1 Å². The fourth-order valence-electron chi connectivity index (χ4n) is 2.05. The van der Waals surface area contributed by atoms with E-state index < -0.39 is 0 Å². The molecule has 1 rings (SSSR count). The van der Waals surface area contributed by atoms with Crippen molar-refractivity contribution < 1.29 is 0 Å². The van der Waals surface area contributed by atoms with Crippen molar-refractivity contribution in [2.24, 2.45) is 5.92 Å². The molecule has 0 bridgehead atoms. The lowest BCUT2D eigenvalue weighted by atomic mass is 9.87. The van der Waals surface area contributed by atoms with E-state index in [0.717, 1.165) is 5.92 Å². The van der Waals surface area contributed by atoms with Gasteiger partial charge in [0.05, 0.1) is 0 Å². The molecule has 0 radical (unpaired) electrons. The van der Waals surface area contributed by atoms with Crippen LogP contribution in [0.2, 0.25) is 0 Å². The van der Waals surface area contributed by atoms with Crippen LogP contribution in [0.5, 0.6) is 0 Å². The number of hydrogen-bond acceptors (Lipinski definition) is 1. The second-order valence-corrected chi connectivity index (χ2v) is 4.16. The molecule has 1 aliphatic carbocycles. The Hall–Kier alpha value is -0.300. The predicted octanol–water partition coefficient (Wildman–Crippen LogP) is 3.12. The predicted molar refractivity (Wildman–Crippen MR) is 58.9 cm³/mol. The first-order valence-electron chi connectivity index (χ1n) is 5.69. The topological polar surface area (TPSA) is 12.0 Å². The van der Waals surface area contributed by atoms with Crippen molar-refractivity contribution in [2.45, 2.75) is 45.4 Å². The van der Waals surface area contributed by atoms with Gasteiger partial charge in [0.1, 0.15) is 0 Å². The maximum Gasteiger partial charge on any atom is -0.00204 e. The van der Waals surface area contributed by atoms with Crippen LogP contribution < -0.4 is 5.32 Å². The maximum atomic E-state index is 3.27. The van der Waals surface area contributed by atoms with Crippen molar-refractivity contribution in [3.8, 4) is 0 Å². The van der Waals surface area contributed by atoms with E-state index in [2.05, 4.69) is 25.4 Å². The highest BCUT2D eigenvalue weighted by molar-refractivity contribution is 5.06. The normalized spacial score (nSPS) is 22.9. The van der Waals surface area contributed by atoms with Gasteiger partial charge in [-0.2, -0.15) is 0 Å². The monoisotopic (exact) mass is 181 g/mol. The van der Waals surface area contributed by atoms with Crippen molar-refractivity contribution in [2.75, 3.05) is 13.6 Å². The summed E-state index contributed by atoms with van der Waals surface area (Å²) in [6, 6.07) is 0. The van der Waals surface area contributed by atoms with E-state index >= 15 is 0 Å². The van der Waals surface area contributed by atoms with Crippen LogP contribution in [-0.2, 0) is 0 Å². The minimum absolute atomic E-state index is 0.898. The Balaban J connectivity index is 2.22. The number of hydrogen-bond donors (Lipinski definition) is 1. The molecule has 0 amide bonds. The van der Waals surface area contributed by atoms with Crippen LogP contribution in [0, 0.1) is 5.92 Å². The molecule has 1 aliphatic rings. The smallest absolute Gasteiger partial charge is 0.00204 e. The lowest BCUT2D eigenvalue weighted by molar-refractivity contribution is 0.444. The number of nitrogens with one attached hydrogen (secondary N) is 1. The largest absolute Gasteiger partial charge is 0.319 e. The summed E-state index contributed by atoms with van der Waals surface area (Å²) < 4.78 is 0. The van der Waals surface area contributed by atoms with Gasteiger partial charge in [-0.05, 0) is 51.6 Å². The summed E-state index contributed by atoms with van der Waals surface area (Å²) in [4.78, 5) is 0. The zero-order valence-electron chi connectivity index (χ0n) is 9.10.